The second kappa shape index (κ2) is 11.5. The van der Waals surface area contributed by atoms with Crippen molar-refractivity contribution in [3.05, 3.63) is 59.2 Å². The number of carbonyl (C=O) groups excluding carboxylic acids is 2. The summed E-state index contributed by atoms with van der Waals surface area (Å²) in [7, 11) is -3.57. The van der Waals surface area contributed by atoms with Gasteiger partial charge in [0.25, 0.3) is 5.91 Å². The highest BCUT2D eigenvalue weighted by atomic mass is 32.2. The van der Waals surface area contributed by atoms with Crippen molar-refractivity contribution in [2.45, 2.75) is 50.2 Å². The Bertz CT molecular complexity index is 1510. The van der Waals surface area contributed by atoms with Crippen LogP contribution >= 0.6 is 12.2 Å². The number of hydrogen-bond acceptors (Lipinski definition) is 8. The number of sulfonamides is 1. The second-order valence-corrected chi connectivity index (χ2v) is 13.3. The van der Waals surface area contributed by atoms with E-state index in [2.05, 4.69) is 4.90 Å². The number of rotatable bonds is 9. The van der Waals surface area contributed by atoms with Crippen molar-refractivity contribution in [2.75, 3.05) is 44.2 Å². The fraction of sp³-hybridized carbons (Fsp3) is 0.448. The molecule has 5 rings (SSSR count). The molecule has 0 radical (unpaired) electrons. The smallest absolute Gasteiger partial charge is 0.338 e. The van der Waals surface area contributed by atoms with Crippen LogP contribution in [0.1, 0.15) is 54.6 Å². The number of nitriles is 1. The van der Waals surface area contributed by atoms with Crippen LogP contribution in [0, 0.1) is 11.3 Å². The van der Waals surface area contributed by atoms with Gasteiger partial charge < -0.3 is 14.5 Å². The maximum Gasteiger partial charge on any atom is 0.338 e. The number of thiocarbonyl (C=S) groups is 1. The molecule has 0 bridgehead atoms. The van der Waals surface area contributed by atoms with Gasteiger partial charge >= 0.3 is 5.97 Å². The molecule has 0 spiro atoms. The number of carbonyl (C=O) groups is 2. The SMILES string of the molecule is CC1(C)C(=O)N(c2ccc3c(c2)COC3=O)C(=S)N1CCCCCN1CCN(S(=O)(=O)c2ccc(C#N)cc2)CC1. The summed E-state index contributed by atoms with van der Waals surface area (Å²) >= 11 is 5.75. The van der Waals surface area contributed by atoms with Crippen LogP contribution in [0.3, 0.4) is 0 Å². The third-order valence-corrected chi connectivity index (χ3v) is 10.4. The number of amides is 1. The number of fused-ring (bicyclic) bond motifs is 1. The lowest BCUT2D eigenvalue weighted by atomic mass is 10.0. The normalized spacial score (nSPS) is 19.4. The summed E-state index contributed by atoms with van der Waals surface area (Å²) in [4.78, 5) is 31.2. The monoisotopic (exact) mass is 595 g/mol. The van der Waals surface area contributed by atoms with Crippen LogP contribution in [0.25, 0.3) is 0 Å². The van der Waals surface area contributed by atoms with Gasteiger partial charge in [0, 0.05) is 38.3 Å². The molecule has 3 heterocycles. The fourth-order valence-corrected chi connectivity index (χ4v) is 7.45. The quantitative estimate of drug-likeness (QED) is 0.245. The maximum absolute atomic E-state index is 13.4. The van der Waals surface area contributed by atoms with Crippen LogP contribution in [0.4, 0.5) is 5.69 Å². The van der Waals surface area contributed by atoms with Crippen molar-refractivity contribution in [3.63, 3.8) is 0 Å². The summed E-state index contributed by atoms with van der Waals surface area (Å²) in [6.07, 6.45) is 2.77. The van der Waals surface area contributed by atoms with Gasteiger partial charge in [0.2, 0.25) is 10.0 Å². The Balaban J connectivity index is 1.08. The molecule has 0 unspecified atom stereocenters. The number of anilines is 1. The summed E-state index contributed by atoms with van der Waals surface area (Å²) in [5.74, 6) is -0.444. The summed E-state index contributed by atoms with van der Waals surface area (Å²) in [6, 6.07) is 13.3. The van der Waals surface area contributed by atoms with Gasteiger partial charge in [-0.1, -0.05) is 6.42 Å². The average molecular weight is 596 g/mol. The Morgan fingerprint density at radius 1 is 0.976 bits per heavy atom. The van der Waals surface area contributed by atoms with Crippen molar-refractivity contribution in [1.82, 2.24) is 14.1 Å². The van der Waals surface area contributed by atoms with E-state index in [1.165, 1.54) is 28.6 Å². The number of cyclic esters (lactones) is 1. The Kier molecular flexibility index (Phi) is 8.16. The number of piperazine rings is 1. The summed E-state index contributed by atoms with van der Waals surface area (Å²) in [5.41, 5.74) is 1.58. The molecule has 0 aliphatic carbocycles. The lowest BCUT2D eigenvalue weighted by molar-refractivity contribution is -0.123. The van der Waals surface area contributed by atoms with Crippen molar-refractivity contribution in [1.29, 1.82) is 5.26 Å². The number of nitrogens with zero attached hydrogens (tertiary/aromatic N) is 5. The molecule has 0 atom stereocenters. The molecule has 0 N–H and O–H groups in total. The molecule has 3 aliphatic heterocycles. The minimum Gasteiger partial charge on any atom is -0.457 e. The molecular weight excluding hydrogens is 562 g/mol. The maximum atomic E-state index is 13.4. The zero-order valence-electron chi connectivity index (χ0n) is 23.2. The number of ether oxygens (including phenoxy) is 1. The first-order valence-electron chi connectivity index (χ1n) is 13.7. The molecule has 2 aromatic rings. The predicted molar refractivity (Wildman–Crippen MR) is 157 cm³/mol. The van der Waals surface area contributed by atoms with Crippen LogP contribution in [0.15, 0.2) is 47.4 Å². The third-order valence-electron chi connectivity index (χ3n) is 8.06. The predicted octanol–water partition coefficient (Wildman–Crippen LogP) is 3.12. The summed E-state index contributed by atoms with van der Waals surface area (Å²) in [6.45, 7) is 7.68. The number of hydrogen-bond donors (Lipinski definition) is 0. The number of esters is 1. The Morgan fingerprint density at radius 3 is 2.34 bits per heavy atom. The fourth-order valence-electron chi connectivity index (χ4n) is 5.52. The molecule has 2 fully saturated rings. The third kappa shape index (κ3) is 5.59. The van der Waals surface area contributed by atoms with Gasteiger partial charge in [-0.3, -0.25) is 9.69 Å². The zero-order valence-corrected chi connectivity index (χ0v) is 24.8. The Hall–Kier alpha value is -3.37. The first-order valence-corrected chi connectivity index (χ1v) is 15.6. The largest absolute Gasteiger partial charge is 0.457 e. The highest BCUT2D eigenvalue weighted by Gasteiger charge is 2.49. The molecule has 41 heavy (non-hydrogen) atoms. The van der Waals surface area contributed by atoms with Crippen molar-refractivity contribution >= 4 is 44.9 Å². The Labute approximate surface area is 246 Å². The molecule has 0 saturated carbocycles. The van der Waals surface area contributed by atoms with Crippen LogP contribution < -0.4 is 4.90 Å². The van der Waals surface area contributed by atoms with Crippen molar-refractivity contribution < 1.29 is 22.7 Å². The highest BCUT2D eigenvalue weighted by molar-refractivity contribution is 7.89. The average Bonchev–Trinajstić information content (AvgIpc) is 3.41. The van der Waals surface area contributed by atoms with Gasteiger partial charge in [-0.25, -0.2) is 13.2 Å². The molecule has 2 aromatic carbocycles. The van der Waals surface area contributed by atoms with E-state index in [1.54, 1.807) is 23.1 Å². The van der Waals surface area contributed by atoms with E-state index in [0.717, 1.165) is 31.4 Å². The molecule has 12 heteroatoms. The van der Waals surface area contributed by atoms with Crippen LogP contribution in [-0.4, -0.2) is 84.3 Å². The number of unbranched alkanes of at least 4 members (excludes halogenated alkanes) is 2. The van der Waals surface area contributed by atoms with E-state index >= 15 is 0 Å². The number of benzene rings is 2. The lowest BCUT2D eigenvalue weighted by Gasteiger charge is -2.34. The minimum absolute atomic E-state index is 0.0958. The molecule has 2 saturated heterocycles. The van der Waals surface area contributed by atoms with Crippen molar-refractivity contribution in [2.24, 2.45) is 0 Å². The zero-order chi connectivity index (χ0) is 29.4. The van der Waals surface area contributed by atoms with Crippen molar-refractivity contribution in [3.8, 4) is 6.07 Å². The van der Waals surface area contributed by atoms with E-state index in [9.17, 15) is 18.0 Å². The lowest BCUT2D eigenvalue weighted by Crippen LogP contribution is -2.48. The molecule has 1 amide bonds. The van der Waals surface area contributed by atoms with Gasteiger partial charge in [0.1, 0.15) is 12.1 Å². The van der Waals surface area contributed by atoms with Gasteiger partial charge in [-0.15, -0.1) is 0 Å². The first-order chi connectivity index (χ1) is 19.5. The van der Waals surface area contributed by atoms with E-state index in [1.807, 2.05) is 24.8 Å². The first kappa shape index (κ1) is 29.1. The highest BCUT2D eigenvalue weighted by Crippen LogP contribution is 2.34. The summed E-state index contributed by atoms with van der Waals surface area (Å²) < 4.78 is 32.5. The van der Waals surface area contributed by atoms with E-state index < -0.39 is 15.6 Å². The van der Waals surface area contributed by atoms with Gasteiger partial charge in [-0.05, 0) is 87.9 Å². The summed E-state index contributed by atoms with van der Waals surface area (Å²) in [5, 5.41) is 9.41. The van der Waals surface area contributed by atoms with E-state index in [-0.39, 0.29) is 23.4 Å². The van der Waals surface area contributed by atoms with Crippen LogP contribution in [-0.2, 0) is 26.2 Å². The topological polar surface area (TPSA) is 114 Å². The molecule has 10 nitrogen and oxygen atoms in total. The van der Waals surface area contributed by atoms with E-state index in [4.69, 9.17) is 22.2 Å². The molecule has 3 aliphatic rings. The van der Waals surface area contributed by atoms with Gasteiger partial charge in [0.15, 0.2) is 5.11 Å². The molecular formula is C29H33N5O5S2. The molecule has 216 valence electrons. The standard InChI is InChI=1S/C29H33N5O5S2/c1-29(2)27(36)34(23-8-11-25-22(18-23)20-39-26(25)35)28(40)33(29)13-5-3-4-12-31-14-16-32(17-15-31)41(37,38)24-9-6-21(19-30)7-10-24/h6-11,18H,3-5,12-17,20H2,1-2H3. The van der Waals surface area contributed by atoms with Gasteiger partial charge in [-0.2, -0.15) is 9.57 Å². The minimum atomic E-state index is -3.57. The van der Waals surface area contributed by atoms with Gasteiger partial charge in [0.05, 0.1) is 27.8 Å². The van der Waals surface area contributed by atoms with E-state index in [0.29, 0.717) is 54.7 Å². The molecule has 0 aromatic heterocycles. The van der Waals surface area contributed by atoms with Crippen LogP contribution in [0.2, 0.25) is 0 Å². The second-order valence-electron chi connectivity index (χ2n) is 11.0. The van der Waals surface area contributed by atoms with Crippen LogP contribution in [0.5, 0.6) is 0 Å². The Morgan fingerprint density at radius 2 is 1.66 bits per heavy atom.